The molecule has 6 rings (SSSR count). The number of nitrogens with one attached hydrogen (secondary N) is 3. The number of carbonyl (C=O) groups is 1. The number of nitrogens with zero attached hydrogens (tertiary/aromatic N) is 5. The molecule has 0 saturated carbocycles. The summed E-state index contributed by atoms with van der Waals surface area (Å²) in [5, 5.41) is 21.2. The van der Waals surface area contributed by atoms with E-state index in [1.807, 2.05) is 83.7 Å². The van der Waals surface area contributed by atoms with Gasteiger partial charge >= 0.3 is 0 Å². The van der Waals surface area contributed by atoms with Gasteiger partial charge in [-0.05, 0) is 51.7 Å². The Labute approximate surface area is 267 Å². The predicted octanol–water partition coefficient (Wildman–Crippen LogP) is 6.79. The summed E-state index contributed by atoms with van der Waals surface area (Å²) < 4.78 is 1.87. The molecule has 0 bridgehead atoms. The molecule has 0 spiro atoms. The zero-order chi connectivity index (χ0) is 31.7. The van der Waals surface area contributed by atoms with Crippen molar-refractivity contribution in [1.82, 2.24) is 19.9 Å². The van der Waals surface area contributed by atoms with E-state index in [2.05, 4.69) is 51.1 Å². The number of benzene rings is 4. The van der Waals surface area contributed by atoms with Crippen LogP contribution in [0.4, 0.5) is 17.5 Å². The molecule has 0 aliphatic heterocycles. The molecule has 2 aromatic heterocycles. The topological polar surface area (TPSA) is 112 Å². The van der Waals surface area contributed by atoms with Gasteiger partial charge in [0.2, 0.25) is 11.9 Å². The van der Waals surface area contributed by atoms with Crippen LogP contribution in [0.1, 0.15) is 22.3 Å². The fraction of sp³-hybridized carbons (Fsp3) is 0.108. The number of aromatic nitrogens is 3. The monoisotopic (exact) mass is 602 g/mol. The van der Waals surface area contributed by atoms with Gasteiger partial charge in [-0.1, -0.05) is 78.9 Å². The van der Waals surface area contributed by atoms with Crippen molar-refractivity contribution in [3.8, 4) is 11.9 Å². The normalized spacial score (nSPS) is 11.3. The van der Waals surface area contributed by atoms with Crippen LogP contribution in [0.15, 0.2) is 122 Å². The zero-order valence-electron chi connectivity index (χ0n) is 24.9. The van der Waals surface area contributed by atoms with Crippen molar-refractivity contribution in [3.63, 3.8) is 0 Å². The number of hydrogen-bond acceptors (Lipinski definition) is 6. The van der Waals surface area contributed by atoms with Crippen molar-refractivity contribution in [2.45, 2.75) is 25.6 Å². The molecule has 1 unspecified atom stereocenters. The van der Waals surface area contributed by atoms with Crippen LogP contribution in [0.3, 0.4) is 0 Å². The van der Waals surface area contributed by atoms with E-state index in [1.165, 1.54) is 0 Å². The first-order valence-corrected chi connectivity index (χ1v) is 14.8. The smallest absolute Gasteiger partial charge is 0.243 e. The Kier molecular flexibility index (Phi) is 8.94. The molecule has 0 saturated heterocycles. The lowest BCUT2D eigenvalue weighted by molar-refractivity contribution is -0.122. The molecule has 1 atom stereocenters. The minimum absolute atomic E-state index is 0.189. The van der Waals surface area contributed by atoms with Crippen LogP contribution >= 0.6 is 0 Å². The van der Waals surface area contributed by atoms with E-state index < -0.39 is 6.04 Å². The number of rotatable bonds is 11. The molecule has 224 valence electrons. The van der Waals surface area contributed by atoms with Gasteiger partial charge in [0, 0.05) is 38.0 Å². The number of carbonyl (C=O) groups excluding carboxylic acids is 1. The second-order valence-electron chi connectivity index (χ2n) is 10.8. The summed E-state index contributed by atoms with van der Waals surface area (Å²) >= 11 is 0. The molecule has 6 aromatic rings. The van der Waals surface area contributed by atoms with E-state index in [4.69, 9.17) is 16.5 Å². The van der Waals surface area contributed by atoms with Gasteiger partial charge in [-0.25, -0.2) is 4.85 Å². The molecular formula is C37H30N8O. The molecular weight excluding hydrogens is 572 g/mol. The van der Waals surface area contributed by atoms with Crippen LogP contribution in [-0.4, -0.2) is 26.5 Å². The van der Waals surface area contributed by atoms with Gasteiger partial charge in [0.25, 0.3) is 0 Å². The Morgan fingerprint density at radius 2 is 1.61 bits per heavy atom. The maximum Gasteiger partial charge on any atom is 0.243 e. The third-order valence-corrected chi connectivity index (χ3v) is 7.51. The van der Waals surface area contributed by atoms with Gasteiger partial charge in [-0.2, -0.15) is 15.2 Å². The first-order chi connectivity index (χ1) is 22.6. The average Bonchev–Trinajstić information content (AvgIpc) is 3.65. The quantitative estimate of drug-likeness (QED) is 0.141. The molecule has 0 aliphatic carbocycles. The standard InChI is InChI=1S/C37H30N8O/c1-39-32-15-12-26(13-16-32)24-40-36(46)33(21-27-11-14-30-9-2-3-10-31(30)20-27)42-34-22-35(45-17-4-5-18-45)44-37(43-34)41-25-29-8-6-7-28(19-29)23-38/h2-20,22,33H,21,24-25H2,(H,40,46)(H2,41,42,43,44). The maximum absolute atomic E-state index is 13.8. The Morgan fingerprint density at radius 1 is 0.826 bits per heavy atom. The van der Waals surface area contributed by atoms with E-state index in [0.717, 1.165) is 27.5 Å². The summed E-state index contributed by atoms with van der Waals surface area (Å²) in [5.41, 5.74) is 3.95. The minimum atomic E-state index is -0.656. The lowest BCUT2D eigenvalue weighted by Gasteiger charge is -2.21. The van der Waals surface area contributed by atoms with E-state index in [-0.39, 0.29) is 5.91 Å². The summed E-state index contributed by atoms with van der Waals surface area (Å²) in [4.78, 5) is 26.7. The van der Waals surface area contributed by atoms with Gasteiger partial charge in [0.15, 0.2) is 5.69 Å². The first kappa shape index (κ1) is 29.6. The van der Waals surface area contributed by atoms with Crippen molar-refractivity contribution in [1.29, 1.82) is 5.26 Å². The van der Waals surface area contributed by atoms with Gasteiger partial charge < -0.3 is 20.5 Å². The number of fused-ring (bicyclic) bond motifs is 1. The van der Waals surface area contributed by atoms with E-state index in [9.17, 15) is 10.1 Å². The number of hydrogen-bond donors (Lipinski definition) is 3. The number of nitriles is 1. The molecule has 1 amide bonds. The van der Waals surface area contributed by atoms with Gasteiger partial charge in [0.05, 0.1) is 18.2 Å². The lowest BCUT2D eigenvalue weighted by Crippen LogP contribution is -2.41. The summed E-state index contributed by atoms with van der Waals surface area (Å²) in [6.07, 6.45) is 4.20. The van der Waals surface area contributed by atoms with Gasteiger partial charge in [-0.3, -0.25) is 4.79 Å². The van der Waals surface area contributed by atoms with E-state index in [0.29, 0.717) is 48.3 Å². The van der Waals surface area contributed by atoms with Crippen LogP contribution in [0.5, 0.6) is 0 Å². The molecule has 46 heavy (non-hydrogen) atoms. The zero-order valence-corrected chi connectivity index (χ0v) is 24.9. The SMILES string of the molecule is [C-]#[N+]c1ccc(CNC(=O)C(Cc2ccc3ccccc3c2)Nc2cc(-n3cccc3)nc(NCc3cccc(C#N)c3)n2)cc1. The average molecular weight is 603 g/mol. The predicted molar refractivity (Wildman–Crippen MR) is 179 cm³/mol. The third kappa shape index (κ3) is 7.36. The van der Waals surface area contributed by atoms with Crippen LogP contribution < -0.4 is 16.0 Å². The van der Waals surface area contributed by atoms with Gasteiger partial charge in [0.1, 0.15) is 17.7 Å². The number of anilines is 2. The second kappa shape index (κ2) is 13.9. The highest BCUT2D eigenvalue weighted by atomic mass is 16.2. The highest BCUT2D eigenvalue weighted by Crippen LogP contribution is 2.21. The third-order valence-electron chi connectivity index (χ3n) is 7.51. The van der Waals surface area contributed by atoms with Crippen molar-refractivity contribution in [2.24, 2.45) is 0 Å². The lowest BCUT2D eigenvalue weighted by atomic mass is 10.0. The molecule has 0 fully saturated rings. The van der Waals surface area contributed by atoms with Crippen LogP contribution in [-0.2, 0) is 24.3 Å². The summed E-state index contributed by atoms with van der Waals surface area (Å²) in [6, 6.07) is 36.0. The van der Waals surface area contributed by atoms with E-state index in [1.54, 1.807) is 18.2 Å². The maximum atomic E-state index is 13.8. The Hall–Kier alpha value is -6.45. The molecule has 2 heterocycles. The summed E-state index contributed by atoms with van der Waals surface area (Å²) in [5.74, 6) is 1.29. The van der Waals surface area contributed by atoms with Gasteiger partial charge in [-0.15, -0.1) is 0 Å². The van der Waals surface area contributed by atoms with Crippen molar-refractivity contribution >= 4 is 34.1 Å². The van der Waals surface area contributed by atoms with Crippen LogP contribution in [0.2, 0.25) is 0 Å². The molecule has 0 aliphatic rings. The Balaban J connectivity index is 1.28. The van der Waals surface area contributed by atoms with Crippen LogP contribution in [0.25, 0.3) is 21.4 Å². The highest BCUT2D eigenvalue weighted by Gasteiger charge is 2.21. The van der Waals surface area contributed by atoms with Crippen molar-refractivity contribution in [3.05, 3.63) is 155 Å². The largest absolute Gasteiger partial charge is 0.358 e. The first-order valence-electron chi connectivity index (χ1n) is 14.8. The van der Waals surface area contributed by atoms with Crippen LogP contribution in [0, 0.1) is 17.9 Å². The van der Waals surface area contributed by atoms with E-state index >= 15 is 0 Å². The molecule has 9 nitrogen and oxygen atoms in total. The highest BCUT2D eigenvalue weighted by molar-refractivity contribution is 5.86. The summed E-state index contributed by atoms with van der Waals surface area (Å²) in [6.45, 7) is 7.92. The number of amides is 1. The molecule has 0 radical (unpaired) electrons. The molecule has 3 N–H and O–H groups in total. The fourth-order valence-electron chi connectivity index (χ4n) is 5.13. The minimum Gasteiger partial charge on any atom is -0.358 e. The second-order valence-corrected chi connectivity index (χ2v) is 10.8. The molecule has 9 heteroatoms. The fourth-order valence-corrected chi connectivity index (χ4v) is 5.13. The summed E-state index contributed by atoms with van der Waals surface area (Å²) in [7, 11) is 0. The Bertz CT molecular complexity index is 2060. The Morgan fingerprint density at radius 3 is 2.39 bits per heavy atom. The van der Waals surface area contributed by atoms with Crippen molar-refractivity contribution in [2.75, 3.05) is 10.6 Å². The molecule has 4 aromatic carbocycles. The van der Waals surface area contributed by atoms with Crippen molar-refractivity contribution < 1.29 is 4.79 Å².